The van der Waals surface area contributed by atoms with Crippen molar-refractivity contribution >= 4 is 17.5 Å². The smallest absolute Gasteiger partial charge is 0.254 e. The van der Waals surface area contributed by atoms with Gasteiger partial charge in [-0.1, -0.05) is 12.1 Å². The first-order valence-electron chi connectivity index (χ1n) is 7.61. The van der Waals surface area contributed by atoms with Crippen LogP contribution in [0.1, 0.15) is 22.3 Å². The number of benzene rings is 1. The molecule has 24 heavy (non-hydrogen) atoms. The lowest BCUT2D eigenvalue weighted by molar-refractivity contribution is 0.0951. The lowest BCUT2D eigenvalue weighted by atomic mass is 10.2. The van der Waals surface area contributed by atoms with Gasteiger partial charge in [0.2, 0.25) is 5.95 Å². The van der Waals surface area contributed by atoms with Crippen LogP contribution in [0.3, 0.4) is 0 Å². The van der Waals surface area contributed by atoms with E-state index in [4.69, 9.17) is 5.26 Å². The normalized spacial score (nSPS) is 10.2. The van der Waals surface area contributed by atoms with Gasteiger partial charge in [0.15, 0.2) is 0 Å². The molecule has 124 valence electrons. The molecule has 1 aromatic heterocycles. The SMILES string of the molecule is CN(C)CCCNC(=O)c1cnc(Nc2ccccc2C#N)nc1. The molecule has 0 fully saturated rings. The fourth-order valence-corrected chi connectivity index (χ4v) is 2.02. The summed E-state index contributed by atoms with van der Waals surface area (Å²) >= 11 is 0. The Morgan fingerprint density at radius 2 is 1.96 bits per heavy atom. The molecule has 7 nitrogen and oxygen atoms in total. The van der Waals surface area contributed by atoms with E-state index in [1.165, 1.54) is 12.4 Å². The van der Waals surface area contributed by atoms with E-state index in [2.05, 4.69) is 31.6 Å². The van der Waals surface area contributed by atoms with E-state index in [1.54, 1.807) is 18.2 Å². The van der Waals surface area contributed by atoms with Crippen molar-refractivity contribution in [2.24, 2.45) is 0 Å². The number of anilines is 2. The Morgan fingerprint density at radius 3 is 2.62 bits per heavy atom. The average molecular weight is 324 g/mol. The van der Waals surface area contributed by atoms with E-state index in [0.717, 1.165) is 13.0 Å². The van der Waals surface area contributed by atoms with E-state index >= 15 is 0 Å². The number of nitrogens with one attached hydrogen (secondary N) is 2. The largest absolute Gasteiger partial charge is 0.352 e. The monoisotopic (exact) mass is 324 g/mol. The first kappa shape index (κ1) is 17.4. The zero-order valence-corrected chi connectivity index (χ0v) is 13.8. The minimum absolute atomic E-state index is 0.197. The Kier molecular flexibility index (Phi) is 6.23. The number of amides is 1. The number of carbonyl (C=O) groups is 1. The van der Waals surface area contributed by atoms with Crippen LogP contribution in [0.25, 0.3) is 0 Å². The molecule has 7 heteroatoms. The van der Waals surface area contributed by atoms with Crippen molar-refractivity contribution in [2.75, 3.05) is 32.5 Å². The molecule has 0 atom stereocenters. The molecule has 0 aliphatic carbocycles. The highest BCUT2D eigenvalue weighted by atomic mass is 16.1. The van der Waals surface area contributed by atoms with Gasteiger partial charge in [0.05, 0.1) is 16.8 Å². The average Bonchev–Trinajstić information content (AvgIpc) is 2.59. The standard InChI is InChI=1S/C17H20N6O/c1-23(2)9-5-8-19-16(24)14-11-20-17(21-12-14)22-15-7-4-3-6-13(15)10-18/h3-4,6-7,11-12H,5,8-9H2,1-2H3,(H,19,24)(H,20,21,22). The molecular weight excluding hydrogens is 304 g/mol. The van der Waals surface area contributed by atoms with Crippen LogP contribution in [0.15, 0.2) is 36.7 Å². The number of nitriles is 1. The highest BCUT2D eigenvalue weighted by Crippen LogP contribution is 2.17. The molecule has 2 rings (SSSR count). The van der Waals surface area contributed by atoms with Gasteiger partial charge in [0.25, 0.3) is 5.91 Å². The van der Waals surface area contributed by atoms with Crippen LogP contribution >= 0.6 is 0 Å². The molecule has 0 unspecified atom stereocenters. The maximum Gasteiger partial charge on any atom is 0.254 e. The third-order valence-electron chi connectivity index (χ3n) is 3.28. The van der Waals surface area contributed by atoms with Crippen LogP contribution in [0.5, 0.6) is 0 Å². The van der Waals surface area contributed by atoms with E-state index in [9.17, 15) is 4.79 Å². The van der Waals surface area contributed by atoms with Gasteiger partial charge in [0, 0.05) is 18.9 Å². The summed E-state index contributed by atoms with van der Waals surface area (Å²) < 4.78 is 0. The van der Waals surface area contributed by atoms with Crippen LogP contribution in [0.2, 0.25) is 0 Å². The van der Waals surface area contributed by atoms with Crippen molar-refractivity contribution in [1.29, 1.82) is 5.26 Å². The summed E-state index contributed by atoms with van der Waals surface area (Å²) in [6.45, 7) is 1.52. The van der Waals surface area contributed by atoms with Gasteiger partial charge < -0.3 is 15.5 Å². The van der Waals surface area contributed by atoms with Crippen molar-refractivity contribution in [1.82, 2.24) is 20.2 Å². The molecule has 1 aromatic carbocycles. The quantitative estimate of drug-likeness (QED) is 0.754. The molecule has 0 aliphatic rings. The Morgan fingerprint density at radius 1 is 1.25 bits per heavy atom. The van der Waals surface area contributed by atoms with Crippen molar-refractivity contribution < 1.29 is 4.79 Å². The van der Waals surface area contributed by atoms with E-state index in [1.807, 2.05) is 20.2 Å². The van der Waals surface area contributed by atoms with Crippen LogP contribution in [-0.2, 0) is 0 Å². The van der Waals surface area contributed by atoms with Crippen LogP contribution in [0.4, 0.5) is 11.6 Å². The van der Waals surface area contributed by atoms with Crippen molar-refractivity contribution in [2.45, 2.75) is 6.42 Å². The molecule has 0 saturated heterocycles. The molecule has 0 radical (unpaired) electrons. The minimum Gasteiger partial charge on any atom is -0.352 e. The second-order valence-electron chi connectivity index (χ2n) is 5.49. The lowest BCUT2D eigenvalue weighted by Crippen LogP contribution is -2.27. The fourth-order valence-electron chi connectivity index (χ4n) is 2.02. The fraction of sp³-hybridized carbons (Fsp3) is 0.294. The van der Waals surface area contributed by atoms with Gasteiger partial charge in [-0.2, -0.15) is 5.26 Å². The zero-order chi connectivity index (χ0) is 17.4. The van der Waals surface area contributed by atoms with Gasteiger partial charge in [-0.15, -0.1) is 0 Å². The Bertz CT molecular complexity index is 721. The topological polar surface area (TPSA) is 93.9 Å². The first-order chi connectivity index (χ1) is 11.6. The summed E-state index contributed by atoms with van der Waals surface area (Å²) in [5.74, 6) is 0.139. The number of hydrogen-bond acceptors (Lipinski definition) is 6. The summed E-state index contributed by atoms with van der Waals surface area (Å²) in [7, 11) is 3.98. The first-order valence-corrected chi connectivity index (χ1v) is 7.61. The highest BCUT2D eigenvalue weighted by Gasteiger charge is 2.08. The molecule has 1 heterocycles. The minimum atomic E-state index is -0.197. The third-order valence-corrected chi connectivity index (χ3v) is 3.28. The summed E-state index contributed by atoms with van der Waals surface area (Å²) in [4.78, 5) is 22.3. The Labute approximate surface area is 141 Å². The van der Waals surface area contributed by atoms with Crippen LogP contribution in [-0.4, -0.2) is 48.0 Å². The maximum absolute atomic E-state index is 12.0. The number of carbonyl (C=O) groups excluding carboxylic acids is 1. The van der Waals surface area contributed by atoms with Gasteiger partial charge in [-0.25, -0.2) is 9.97 Å². The highest BCUT2D eigenvalue weighted by molar-refractivity contribution is 5.93. The van der Waals surface area contributed by atoms with Crippen molar-refractivity contribution in [3.8, 4) is 6.07 Å². The molecule has 1 amide bonds. The number of aromatic nitrogens is 2. The zero-order valence-electron chi connectivity index (χ0n) is 13.8. The Hall–Kier alpha value is -2.98. The molecular formula is C17H20N6O. The number of para-hydroxylation sites is 1. The van der Waals surface area contributed by atoms with Crippen LogP contribution < -0.4 is 10.6 Å². The third kappa shape index (κ3) is 5.04. The summed E-state index contributed by atoms with van der Waals surface area (Å²) in [6.07, 6.45) is 3.81. The van der Waals surface area contributed by atoms with Gasteiger partial charge >= 0.3 is 0 Å². The van der Waals surface area contributed by atoms with Gasteiger partial charge in [-0.05, 0) is 39.2 Å². The molecule has 0 spiro atoms. The second-order valence-corrected chi connectivity index (χ2v) is 5.49. The van der Waals surface area contributed by atoms with Crippen molar-refractivity contribution in [3.05, 3.63) is 47.8 Å². The molecule has 2 aromatic rings. The molecule has 0 aliphatic heterocycles. The van der Waals surface area contributed by atoms with E-state index in [-0.39, 0.29) is 5.91 Å². The lowest BCUT2D eigenvalue weighted by Gasteiger charge is -2.10. The maximum atomic E-state index is 12.0. The van der Waals surface area contributed by atoms with Gasteiger partial charge in [-0.3, -0.25) is 4.79 Å². The van der Waals surface area contributed by atoms with E-state index in [0.29, 0.717) is 29.3 Å². The van der Waals surface area contributed by atoms with Crippen molar-refractivity contribution in [3.63, 3.8) is 0 Å². The molecule has 2 N–H and O–H groups in total. The summed E-state index contributed by atoms with van der Waals surface area (Å²) in [5.41, 5.74) is 1.53. The number of rotatable bonds is 7. The predicted molar refractivity (Wildman–Crippen MR) is 92.0 cm³/mol. The molecule has 0 saturated carbocycles. The molecule has 0 bridgehead atoms. The number of nitrogens with zero attached hydrogens (tertiary/aromatic N) is 4. The summed E-state index contributed by atoms with van der Waals surface area (Å²) in [6, 6.07) is 9.18. The Balaban J connectivity index is 1.93. The van der Waals surface area contributed by atoms with E-state index < -0.39 is 0 Å². The van der Waals surface area contributed by atoms with Gasteiger partial charge in [0.1, 0.15) is 6.07 Å². The predicted octanol–water partition coefficient (Wildman–Crippen LogP) is 1.77. The van der Waals surface area contributed by atoms with Crippen LogP contribution in [0, 0.1) is 11.3 Å². The second kappa shape index (κ2) is 8.60. The summed E-state index contributed by atoms with van der Waals surface area (Å²) in [5, 5.41) is 14.9. The number of hydrogen-bond donors (Lipinski definition) is 2.